The van der Waals surface area contributed by atoms with Gasteiger partial charge in [0.15, 0.2) is 10.9 Å². The van der Waals surface area contributed by atoms with E-state index >= 15 is 0 Å². The van der Waals surface area contributed by atoms with Crippen molar-refractivity contribution >= 4 is 26.5 Å². The van der Waals surface area contributed by atoms with Crippen LogP contribution in [-0.2, 0) is 10.0 Å². The maximum absolute atomic E-state index is 12.1. The van der Waals surface area contributed by atoms with E-state index in [1.807, 2.05) is 0 Å². The Hall–Kier alpha value is -2.52. The van der Waals surface area contributed by atoms with Crippen LogP contribution in [0.2, 0.25) is 0 Å². The Morgan fingerprint density at radius 1 is 1.20 bits per heavy atom. The van der Waals surface area contributed by atoms with Gasteiger partial charge in [-0.1, -0.05) is 0 Å². The zero-order chi connectivity index (χ0) is 17.7. The van der Waals surface area contributed by atoms with Crippen molar-refractivity contribution < 1.29 is 22.3 Å². The number of nitrogens with zero attached hydrogens (tertiary/aromatic N) is 1. The number of hydrogen-bond acceptors (Lipinski definition) is 7. The lowest BCUT2D eigenvalue weighted by Gasteiger charge is -2.08. The monoisotopic (exact) mass is 380 g/mol. The maximum atomic E-state index is 12.1. The van der Waals surface area contributed by atoms with Gasteiger partial charge in [0.2, 0.25) is 10.0 Å². The van der Waals surface area contributed by atoms with E-state index in [2.05, 4.69) is 9.71 Å². The molecule has 1 N–H and O–H groups in total. The third-order valence-corrected chi connectivity index (χ3v) is 5.30. The smallest absolute Gasteiger partial charge is 0.237 e. The van der Waals surface area contributed by atoms with Crippen LogP contribution in [0.3, 0.4) is 0 Å². The number of benzene rings is 1. The van der Waals surface area contributed by atoms with Gasteiger partial charge in [-0.05, 0) is 36.4 Å². The van der Waals surface area contributed by atoms with Crippen molar-refractivity contribution in [2.75, 3.05) is 24.2 Å². The fourth-order valence-electron chi connectivity index (χ4n) is 1.98. The van der Waals surface area contributed by atoms with Gasteiger partial charge in [-0.3, -0.25) is 4.72 Å². The average Bonchev–Trinajstić information content (AvgIpc) is 3.26. The summed E-state index contributed by atoms with van der Waals surface area (Å²) in [4.78, 5) is 4.20. The van der Waals surface area contributed by atoms with E-state index < -0.39 is 10.0 Å². The maximum Gasteiger partial charge on any atom is 0.237 e. The molecule has 0 aliphatic rings. The number of rotatable bonds is 8. The predicted molar refractivity (Wildman–Crippen MR) is 95.7 cm³/mol. The van der Waals surface area contributed by atoms with Crippen molar-refractivity contribution in [1.29, 1.82) is 0 Å². The topological polar surface area (TPSA) is 90.7 Å². The van der Waals surface area contributed by atoms with Gasteiger partial charge < -0.3 is 13.9 Å². The summed E-state index contributed by atoms with van der Waals surface area (Å²) in [7, 11) is -1.98. The molecule has 0 aliphatic carbocycles. The predicted octanol–water partition coefficient (Wildman–Crippen LogP) is 3.23. The molecule has 0 atom stereocenters. The molecule has 0 bridgehead atoms. The number of sulfonamides is 1. The molecule has 132 valence electrons. The van der Waals surface area contributed by atoms with Crippen molar-refractivity contribution in [2.45, 2.75) is 0 Å². The second-order valence-electron chi connectivity index (χ2n) is 4.96. The van der Waals surface area contributed by atoms with Crippen LogP contribution in [0.4, 0.5) is 5.13 Å². The Morgan fingerprint density at radius 2 is 1.96 bits per heavy atom. The molecule has 1 aromatic carbocycles. The van der Waals surface area contributed by atoms with Gasteiger partial charge in [-0.2, -0.15) is 0 Å². The normalized spacial score (nSPS) is 11.2. The number of aromatic nitrogens is 1. The fraction of sp³-hybridized carbons (Fsp3) is 0.188. The molecule has 2 aromatic heterocycles. The minimum Gasteiger partial charge on any atom is -0.497 e. The zero-order valence-electron chi connectivity index (χ0n) is 13.3. The number of ether oxygens (including phenoxy) is 2. The molecule has 0 aliphatic heterocycles. The van der Waals surface area contributed by atoms with E-state index in [4.69, 9.17) is 13.9 Å². The second kappa shape index (κ2) is 7.58. The van der Waals surface area contributed by atoms with Crippen LogP contribution in [0.1, 0.15) is 0 Å². The van der Waals surface area contributed by atoms with Crippen molar-refractivity contribution in [2.24, 2.45) is 0 Å². The lowest BCUT2D eigenvalue weighted by molar-refractivity contribution is 0.340. The molecule has 0 amide bonds. The van der Waals surface area contributed by atoms with E-state index in [-0.39, 0.29) is 17.5 Å². The van der Waals surface area contributed by atoms with Crippen LogP contribution in [0.15, 0.2) is 52.5 Å². The molecule has 3 rings (SSSR count). The largest absolute Gasteiger partial charge is 0.497 e. The summed E-state index contributed by atoms with van der Waals surface area (Å²) in [6.07, 6.45) is 1.54. The summed E-state index contributed by atoms with van der Waals surface area (Å²) < 4.78 is 42.4. The third kappa shape index (κ3) is 4.74. The molecule has 0 fully saturated rings. The van der Waals surface area contributed by atoms with Crippen LogP contribution in [0.25, 0.3) is 11.5 Å². The lowest BCUT2D eigenvalue weighted by atomic mass is 10.3. The van der Waals surface area contributed by atoms with Crippen LogP contribution in [0.5, 0.6) is 11.5 Å². The number of nitrogens with one attached hydrogen (secondary N) is 1. The molecule has 0 saturated heterocycles. The first-order chi connectivity index (χ1) is 12.1. The summed E-state index contributed by atoms with van der Waals surface area (Å²) in [6.45, 7) is 0.0259. The quantitative estimate of drug-likeness (QED) is 0.645. The minimum absolute atomic E-state index is 0.0259. The Balaban J connectivity index is 1.53. The molecule has 0 unspecified atom stereocenters. The third-order valence-electron chi connectivity index (χ3n) is 3.20. The van der Waals surface area contributed by atoms with Crippen LogP contribution < -0.4 is 14.2 Å². The number of thiazole rings is 1. The van der Waals surface area contributed by atoms with Gasteiger partial charge in [0.1, 0.15) is 29.6 Å². The highest BCUT2D eigenvalue weighted by molar-refractivity contribution is 7.92. The summed E-state index contributed by atoms with van der Waals surface area (Å²) in [5, 5.41) is 2.01. The summed E-state index contributed by atoms with van der Waals surface area (Å²) in [6, 6.07) is 10.4. The second-order valence-corrected chi connectivity index (χ2v) is 7.66. The molecule has 25 heavy (non-hydrogen) atoms. The van der Waals surface area contributed by atoms with E-state index in [1.54, 1.807) is 48.9 Å². The SMILES string of the molecule is COc1ccc(OCCS(=O)(=O)Nc2nc(-c3ccco3)cs2)cc1. The molecular weight excluding hydrogens is 364 g/mol. The summed E-state index contributed by atoms with van der Waals surface area (Å²) in [5.74, 6) is 1.68. The number of anilines is 1. The van der Waals surface area contributed by atoms with Crippen LogP contribution in [-0.4, -0.2) is 32.9 Å². The standard InChI is InChI=1S/C16H16N2O5S2/c1-21-12-4-6-13(7-5-12)22-9-10-25(19,20)18-16-17-14(11-24-16)15-3-2-8-23-15/h2-8,11H,9-10H2,1H3,(H,17,18). The number of methoxy groups -OCH3 is 1. The average molecular weight is 380 g/mol. The van der Waals surface area contributed by atoms with E-state index in [1.165, 1.54) is 17.6 Å². The highest BCUT2D eigenvalue weighted by Gasteiger charge is 2.14. The van der Waals surface area contributed by atoms with Crippen LogP contribution >= 0.6 is 11.3 Å². The van der Waals surface area contributed by atoms with Gasteiger partial charge in [0.25, 0.3) is 0 Å². The van der Waals surface area contributed by atoms with Gasteiger partial charge in [-0.25, -0.2) is 13.4 Å². The molecule has 3 aromatic rings. The van der Waals surface area contributed by atoms with Gasteiger partial charge in [0.05, 0.1) is 13.4 Å². The van der Waals surface area contributed by atoms with Crippen molar-refractivity contribution in [3.05, 3.63) is 48.0 Å². The van der Waals surface area contributed by atoms with Crippen molar-refractivity contribution in [1.82, 2.24) is 4.98 Å². The van der Waals surface area contributed by atoms with E-state index in [9.17, 15) is 8.42 Å². The molecule has 0 saturated carbocycles. The molecule has 9 heteroatoms. The zero-order valence-corrected chi connectivity index (χ0v) is 15.0. The van der Waals surface area contributed by atoms with Crippen molar-refractivity contribution in [3.63, 3.8) is 0 Å². The Labute approximate surface area is 149 Å². The van der Waals surface area contributed by atoms with Gasteiger partial charge in [-0.15, -0.1) is 11.3 Å². The Bertz CT molecular complexity index is 902. The Kier molecular flexibility index (Phi) is 5.25. The minimum atomic E-state index is -3.56. The molecular formula is C16H16N2O5S2. The van der Waals surface area contributed by atoms with Crippen LogP contribution in [0, 0.1) is 0 Å². The highest BCUT2D eigenvalue weighted by atomic mass is 32.2. The van der Waals surface area contributed by atoms with Gasteiger partial charge >= 0.3 is 0 Å². The van der Waals surface area contributed by atoms with E-state index in [0.29, 0.717) is 23.0 Å². The molecule has 0 radical (unpaired) electrons. The van der Waals surface area contributed by atoms with Gasteiger partial charge in [0, 0.05) is 5.38 Å². The summed E-state index contributed by atoms with van der Waals surface area (Å²) in [5.41, 5.74) is 0.585. The first kappa shape index (κ1) is 17.3. The number of hydrogen-bond donors (Lipinski definition) is 1. The molecule has 7 nitrogen and oxygen atoms in total. The first-order valence-corrected chi connectivity index (χ1v) is 9.86. The lowest BCUT2D eigenvalue weighted by Crippen LogP contribution is -2.21. The highest BCUT2D eigenvalue weighted by Crippen LogP contribution is 2.25. The number of furan rings is 1. The first-order valence-electron chi connectivity index (χ1n) is 7.32. The fourth-order valence-corrected chi connectivity index (χ4v) is 3.82. The van der Waals surface area contributed by atoms with E-state index in [0.717, 1.165) is 0 Å². The molecule has 0 spiro atoms. The summed E-state index contributed by atoms with van der Waals surface area (Å²) >= 11 is 1.19. The van der Waals surface area contributed by atoms with Crippen molar-refractivity contribution in [3.8, 4) is 23.0 Å². The molecule has 2 heterocycles. The Morgan fingerprint density at radius 3 is 2.64 bits per heavy atom.